The highest BCUT2D eigenvalue weighted by Gasteiger charge is 2.18. The molecule has 4 nitrogen and oxygen atoms in total. The van der Waals surface area contributed by atoms with E-state index in [1.54, 1.807) is 25.1 Å². The molecule has 0 aliphatic heterocycles. The zero-order chi connectivity index (χ0) is 17.9. The zero-order valence-electron chi connectivity index (χ0n) is 13.3. The van der Waals surface area contributed by atoms with Gasteiger partial charge in [-0.3, -0.25) is 4.79 Å². The van der Waals surface area contributed by atoms with Crippen LogP contribution in [0.3, 0.4) is 0 Å². The van der Waals surface area contributed by atoms with Crippen LogP contribution in [0, 0.1) is 9.39 Å². The average Bonchev–Trinajstić information content (AvgIpc) is 2.56. The van der Waals surface area contributed by atoms with Gasteiger partial charge >= 0.3 is 0 Å². The number of carbonyl (C=O) groups is 1. The van der Waals surface area contributed by atoms with E-state index in [0.29, 0.717) is 22.6 Å². The molecule has 24 heavy (non-hydrogen) atoms. The van der Waals surface area contributed by atoms with E-state index in [0.717, 1.165) is 3.57 Å². The Balaban J connectivity index is 2.24. The van der Waals surface area contributed by atoms with Crippen molar-refractivity contribution >= 4 is 40.1 Å². The van der Waals surface area contributed by atoms with Gasteiger partial charge in [-0.15, -0.1) is 0 Å². The van der Waals surface area contributed by atoms with Crippen LogP contribution in [0.15, 0.2) is 30.3 Å². The number of benzene rings is 2. The van der Waals surface area contributed by atoms with Crippen LogP contribution in [0.4, 0.5) is 4.39 Å². The van der Waals surface area contributed by atoms with Gasteiger partial charge in [-0.05, 0) is 59.3 Å². The molecule has 0 radical (unpaired) electrons. The number of hydrogen-bond acceptors (Lipinski definition) is 3. The molecule has 0 spiro atoms. The van der Waals surface area contributed by atoms with Gasteiger partial charge in [0.15, 0.2) is 11.5 Å². The van der Waals surface area contributed by atoms with Crippen LogP contribution in [0.1, 0.15) is 28.9 Å². The number of amides is 1. The Hall–Kier alpha value is -1.54. The number of nitrogens with one attached hydrogen (secondary N) is 1. The fourth-order valence-corrected chi connectivity index (χ4v) is 3.04. The predicted octanol–water partition coefficient (Wildman–Crippen LogP) is 4.59. The summed E-state index contributed by atoms with van der Waals surface area (Å²) < 4.78 is 24.4. The Kier molecular flexibility index (Phi) is 6.28. The van der Waals surface area contributed by atoms with Gasteiger partial charge in [-0.2, -0.15) is 0 Å². The maximum Gasteiger partial charge on any atom is 0.252 e. The van der Waals surface area contributed by atoms with Crippen LogP contribution in [-0.4, -0.2) is 20.1 Å². The van der Waals surface area contributed by atoms with Crippen LogP contribution in [0.2, 0.25) is 5.02 Å². The number of rotatable bonds is 5. The monoisotopic (exact) mass is 463 g/mol. The molecule has 2 aromatic carbocycles. The Morgan fingerprint density at radius 3 is 2.42 bits per heavy atom. The normalized spacial score (nSPS) is 11.8. The molecule has 1 unspecified atom stereocenters. The van der Waals surface area contributed by atoms with Crippen molar-refractivity contribution < 1.29 is 18.7 Å². The molecule has 2 rings (SSSR count). The maximum absolute atomic E-state index is 13.3. The Morgan fingerprint density at radius 2 is 1.83 bits per heavy atom. The summed E-state index contributed by atoms with van der Waals surface area (Å²) in [4.78, 5) is 12.5. The molecule has 0 aliphatic carbocycles. The summed E-state index contributed by atoms with van der Waals surface area (Å²) in [6, 6.07) is 7.39. The summed E-state index contributed by atoms with van der Waals surface area (Å²) in [5, 5.41) is 2.89. The molecule has 0 heterocycles. The minimum Gasteiger partial charge on any atom is -0.493 e. The highest BCUT2D eigenvalue weighted by molar-refractivity contribution is 14.1. The number of methoxy groups -OCH3 is 2. The summed E-state index contributed by atoms with van der Waals surface area (Å²) in [7, 11) is 3.05. The van der Waals surface area contributed by atoms with E-state index in [1.165, 1.54) is 26.4 Å². The lowest BCUT2D eigenvalue weighted by Crippen LogP contribution is -2.27. The molecule has 7 heteroatoms. The van der Waals surface area contributed by atoms with Gasteiger partial charge in [-0.25, -0.2) is 4.39 Å². The first kappa shape index (κ1) is 18.8. The molecular formula is C17H16ClFINO3. The molecule has 0 saturated carbocycles. The van der Waals surface area contributed by atoms with E-state index >= 15 is 0 Å². The quantitative estimate of drug-likeness (QED) is 0.660. The lowest BCUT2D eigenvalue weighted by atomic mass is 10.1. The Labute approximate surface area is 158 Å². The van der Waals surface area contributed by atoms with Gasteiger partial charge in [-0.1, -0.05) is 17.7 Å². The number of hydrogen-bond donors (Lipinski definition) is 1. The minimum absolute atomic E-state index is 0.0225. The first-order valence-electron chi connectivity index (χ1n) is 7.04. The van der Waals surface area contributed by atoms with E-state index in [1.807, 2.05) is 0 Å². The van der Waals surface area contributed by atoms with Gasteiger partial charge in [0.05, 0.1) is 30.8 Å². The summed E-state index contributed by atoms with van der Waals surface area (Å²) in [5.41, 5.74) is 1.18. The molecule has 1 N–H and O–H groups in total. The molecule has 0 aliphatic rings. The van der Waals surface area contributed by atoms with Gasteiger partial charge in [0.2, 0.25) is 0 Å². The summed E-state index contributed by atoms with van der Waals surface area (Å²) >= 11 is 7.85. The molecule has 2 aromatic rings. The first-order valence-corrected chi connectivity index (χ1v) is 8.50. The van der Waals surface area contributed by atoms with Crippen LogP contribution < -0.4 is 14.8 Å². The first-order chi connectivity index (χ1) is 11.4. The Morgan fingerprint density at radius 1 is 1.21 bits per heavy atom. The van der Waals surface area contributed by atoms with Gasteiger partial charge < -0.3 is 14.8 Å². The van der Waals surface area contributed by atoms with Crippen LogP contribution in [0.5, 0.6) is 11.5 Å². The second kappa shape index (κ2) is 8.02. The highest BCUT2D eigenvalue weighted by Crippen LogP contribution is 2.31. The molecule has 1 atom stereocenters. The number of ether oxygens (including phenoxy) is 2. The van der Waals surface area contributed by atoms with Gasteiger partial charge in [0, 0.05) is 3.57 Å². The summed E-state index contributed by atoms with van der Waals surface area (Å²) in [6.07, 6.45) is 0. The van der Waals surface area contributed by atoms with Crippen molar-refractivity contribution in [3.8, 4) is 11.5 Å². The zero-order valence-corrected chi connectivity index (χ0v) is 16.2. The van der Waals surface area contributed by atoms with Gasteiger partial charge in [0.25, 0.3) is 5.91 Å². The van der Waals surface area contributed by atoms with Crippen molar-refractivity contribution in [3.05, 3.63) is 55.9 Å². The third kappa shape index (κ3) is 4.10. The van der Waals surface area contributed by atoms with Crippen molar-refractivity contribution in [2.24, 2.45) is 0 Å². The van der Waals surface area contributed by atoms with E-state index in [9.17, 15) is 9.18 Å². The summed E-state index contributed by atoms with van der Waals surface area (Å²) in [5.74, 6) is 0.263. The molecule has 0 saturated heterocycles. The van der Waals surface area contributed by atoms with E-state index in [-0.39, 0.29) is 17.0 Å². The number of carbonyl (C=O) groups excluding carboxylic acids is 1. The van der Waals surface area contributed by atoms with Crippen molar-refractivity contribution in [1.29, 1.82) is 0 Å². The smallest absolute Gasteiger partial charge is 0.252 e. The predicted molar refractivity (Wildman–Crippen MR) is 99.6 cm³/mol. The largest absolute Gasteiger partial charge is 0.493 e. The molecule has 128 valence electrons. The highest BCUT2D eigenvalue weighted by atomic mass is 127. The molecule has 0 fully saturated rings. The van der Waals surface area contributed by atoms with Gasteiger partial charge in [0.1, 0.15) is 5.82 Å². The molecule has 0 aromatic heterocycles. The van der Waals surface area contributed by atoms with Crippen molar-refractivity contribution in [1.82, 2.24) is 5.32 Å². The second-order valence-corrected chi connectivity index (χ2v) is 6.63. The minimum atomic E-state index is -0.492. The Bertz CT molecular complexity index is 770. The fourth-order valence-electron chi connectivity index (χ4n) is 2.17. The van der Waals surface area contributed by atoms with E-state index < -0.39 is 5.82 Å². The second-order valence-electron chi connectivity index (χ2n) is 5.06. The SMILES string of the molecule is COc1cc(I)c(C(=O)NC(C)c2ccc(F)c(Cl)c2)cc1OC. The van der Waals surface area contributed by atoms with E-state index in [2.05, 4.69) is 27.9 Å². The van der Waals surface area contributed by atoms with Crippen LogP contribution in [-0.2, 0) is 0 Å². The average molecular weight is 464 g/mol. The number of halogens is 3. The van der Waals surface area contributed by atoms with Crippen LogP contribution in [0.25, 0.3) is 0 Å². The standard InChI is InChI=1S/C17H16ClFINO3/c1-9(10-4-5-13(19)12(18)6-10)21-17(22)11-7-15(23-2)16(24-3)8-14(11)20/h4-9H,1-3H3,(H,21,22). The summed E-state index contributed by atoms with van der Waals surface area (Å²) in [6.45, 7) is 1.80. The molecule has 0 bridgehead atoms. The van der Waals surface area contributed by atoms with E-state index in [4.69, 9.17) is 21.1 Å². The lowest BCUT2D eigenvalue weighted by Gasteiger charge is -2.17. The fraction of sp³-hybridized carbons (Fsp3) is 0.235. The van der Waals surface area contributed by atoms with Crippen molar-refractivity contribution in [2.45, 2.75) is 13.0 Å². The lowest BCUT2D eigenvalue weighted by molar-refractivity contribution is 0.0938. The van der Waals surface area contributed by atoms with Crippen molar-refractivity contribution in [3.63, 3.8) is 0 Å². The third-order valence-electron chi connectivity index (χ3n) is 3.51. The molecular weight excluding hydrogens is 448 g/mol. The van der Waals surface area contributed by atoms with Crippen molar-refractivity contribution in [2.75, 3.05) is 14.2 Å². The third-order valence-corrected chi connectivity index (χ3v) is 4.69. The molecule has 1 amide bonds. The topological polar surface area (TPSA) is 47.6 Å². The van der Waals surface area contributed by atoms with Crippen LogP contribution >= 0.6 is 34.2 Å². The maximum atomic E-state index is 13.3.